The summed E-state index contributed by atoms with van der Waals surface area (Å²) in [7, 11) is 0. The first-order valence-corrected chi connectivity index (χ1v) is 6.97. The molecule has 4 nitrogen and oxygen atoms in total. The summed E-state index contributed by atoms with van der Waals surface area (Å²) in [5, 5.41) is 3.22. The first-order valence-electron chi connectivity index (χ1n) is 6.97. The Morgan fingerprint density at radius 1 is 1.24 bits per heavy atom. The van der Waals surface area contributed by atoms with Crippen LogP contribution in [0.1, 0.15) is 23.5 Å². The molecule has 0 saturated carbocycles. The van der Waals surface area contributed by atoms with E-state index in [1.54, 1.807) is 6.08 Å². The number of hydrogen-bond donors (Lipinski definition) is 1. The first-order chi connectivity index (χ1) is 10.2. The van der Waals surface area contributed by atoms with Crippen LogP contribution in [0.5, 0.6) is 0 Å². The van der Waals surface area contributed by atoms with Gasteiger partial charge < -0.3 is 9.15 Å². The maximum atomic E-state index is 11.8. The first kappa shape index (κ1) is 13.6. The molecule has 0 radical (unpaired) electrons. The minimum absolute atomic E-state index is 0.236. The van der Waals surface area contributed by atoms with Crippen LogP contribution < -0.4 is 5.32 Å². The molecule has 1 N–H and O–H groups in total. The molecule has 21 heavy (non-hydrogen) atoms. The van der Waals surface area contributed by atoms with Crippen molar-refractivity contribution in [2.45, 2.75) is 25.9 Å². The molecule has 1 aliphatic rings. The molecule has 1 aliphatic heterocycles. The van der Waals surface area contributed by atoms with Crippen molar-refractivity contribution < 1.29 is 13.9 Å². The molecule has 1 saturated heterocycles. The second-order valence-electron chi connectivity index (χ2n) is 5.10. The van der Waals surface area contributed by atoms with Gasteiger partial charge in [0.1, 0.15) is 23.3 Å². The van der Waals surface area contributed by atoms with Crippen molar-refractivity contribution in [2.75, 3.05) is 0 Å². The second kappa shape index (κ2) is 5.97. The molecule has 1 atom stereocenters. The zero-order chi connectivity index (χ0) is 14.7. The van der Waals surface area contributed by atoms with Crippen LogP contribution in [0.25, 0.3) is 6.08 Å². The van der Waals surface area contributed by atoms with E-state index in [1.807, 2.05) is 49.4 Å². The fraction of sp³-hybridized carbons (Fsp3) is 0.235. The van der Waals surface area contributed by atoms with Gasteiger partial charge in [-0.2, -0.15) is 0 Å². The number of carbonyl (C=O) groups is 1. The molecule has 0 aliphatic carbocycles. The summed E-state index contributed by atoms with van der Waals surface area (Å²) < 4.78 is 10.7. The Balaban J connectivity index is 1.61. The summed E-state index contributed by atoms with van der Waals surface area (Å²) in [6.07, 6.45) is 2.32. The molecule has 4 heteroatoms. The molecule has 0 amide bonds. The lowest BCUT2D eigenvalue weighted by molar-refractivity contribution is -0.137. The molecule has 0 spiro atoms. The van der Waals surface area contributed by atoms with E-state index in [0.717, 1.165) is 11.3 Å². The third-order valence-corrected chi connectivity index (χ3v) is 3.38. The average molecular weight is 283 g/mol. The number of carbonyl (C=O) groups excluding carboxylic acids is 1. The van der Waals surface area contributed by atoms with Crippen LogP contribution in [-0.4, -0.2) is 12.0 Å². The monoisotopic (exact) mass is 283 g/mol. The SMILES string of the molecule is Cc1ccc(/C=C2\C[C@H](NCc3ccccc3)C(=O)O2)o1. The number of cyclic esters (lactones) is 1. The van der Waals surface area contributed by atoms with E-state index in [4.69, 9.17) is 9.15 Å². The van der Waals surface area contributed by atoms with Crippen molar-refractivity contribution in [3.8, 4) is 0 Å². The van der Waals surface area contributed by atoms with Crippen LogP contribution in [-0.2, 0) is 16.1 Å². The fourth-order valence-corrected chi connectivity index (χ4v) is 2.30. The molecular formula is C17H17NO3. The summed E-state index contributed by atoms with van der Waals surface area (Å²) in [4.78, 5) is 11.8. The summed E-state index contributed by atoms with van der Waals surface area (Å²) in [5.41, 5.74) is 1.14. The second-order valence-corrected chi connectivity index (χ2v) is 5.10. The summed E-state index contributed by atoms with van der Waals surface area (Å²) >= 11 is 0. The van der Waals surface area contributed by atoms with Crippen molar-refractivity contribution in [2.24, 2.45) is 0 Å². The lowest BCUT2D eigenvalue weighted by atomic mass is 10.1. The van der Waals surface area contributed by atoms with E-state index in [9.17, 15) is 4.79 Å². The highest BCUT2D eigenvalue weighted by molar-refractivity contribution is 5.81. The van der Waals surface area contributed by atoms with E-state index >= 15 is 0 Å². The smallest absolute Gasteiger partial charge is 0.328 e. The van der Waals surface area contributed by atoms with Gasteiger partial charge in [0.15, 0.2) is 0 Å². The normalized spacial score (nSPS) is 20.0. The number of hydrogen-bond acceptors (Lipinski definition) is 4. The van der Waals surface area contributed by atoms with Crippen LogP contribution in [0.15, 0.2) is 52.6 Å². The highest BCUT2D eigenvalue weighted by Crippen LogP contribution is 2.22. The number of aryl methyl sites for hydroxylation is 1. The van der Waals surface area contributed by atoms with Crippen LogP contribution in [0.4, 0.5) is 0 Å². The van der Waals surface area contributed by atoms with Gasteiger partial charge in [0, 0.05) is 19.0 Å². The maximum Gasteiger partial charge on any atom is 0.328 e. The lowest BCUT2D eigenvalue weighted by Gasteiger charge is -2.07. The van der Waals surface area contributed by atoms with E-state index in [1.165, 1.54) is 0 Å². The number of nitrogens with one attached hydrogen (secondary N) is 1. The fourth-order valence-electron chi connectivity index (χ4n) is 2.30. The highest BCUT2D eigenvalue weighted by atomic mass is 16.5. The number of benzene rings is 1. The van der Waals surface area contributed by atoms with Crippen LogP contribution in [0.3, 0.4) is 0 Å². The molecule has 1 fully saturated rings. The molecule has 2 aromatic rings. The Bertz CT molecular complexity index is 658. The minimum Gasteiger partial charge on any atom is -0.462 e. The van der Waals surface area contributed by atoms with Gasteiger partial charge in [-0.05, 0) is 24.6 Å². The number of ether oxygens (including phenoxy) is 1. The van der Waals surface area contributed by atoms with E-state index in [2.05, 4.69) is 5.32 Å². The van der Waals surface area contributed by atoms with E-state index < -0.39 is 0 Å². The van der Waals surface area contributed by atoms with Gasteiger partial charge in [-0.3, -0.25) is 5.32 Å². The summed E-state index contributed by atoms with van der Waals surface area (Å²) in [6.45, 7) is 2.53. The quantitative estimate of drug-likeness (QED) is 0.876. The number of esters is 1. The predicted octanol–water partition coefficient (Wildman–Crippen LogP) is 3.03. The van der Waals surface area contributed by atoms with Crippen molar-refractivity contribution in [3.05, 3.63) is 65.3 Å². The van der Waals surface area contributed by atoms with E-state index in [0.29, 0.717) is 24.5 Å². The summed E-state index contributed by atoms with van der Waals surface area (Å²) in [5.74, 6) is 1.95. The van der Waals surface area contributed by atoms with Gasteiger partial charge in [-0.1, -0.05) is 30.3 Å². The summed E-state index contributed by atoms with van der Waals surface area (Å²) in [6, 6.07) is 13.4. The number of rotatable bonds is 4. The predicted molar refractivity (Wildman–Crippen MR) is 79.2 cm³/mol. The van der Waals surface area contributed by atoms with Gasteiger partial charge in [0.2, 0.25) is 0 Å². The van der Waals surface area contributed by atoms with Gasteiger partial charge >= 0.3 is 5.97 Å². The Labute approximate surface area is 123 Å². The molecule has 0 bridgehead atoms. The molecule has 1 aromatic heterocycles. The van der Waals surface area contributed by atoms with Crippen molar-refractivity contribution in [1.82, 2.24) is 5.32 Å². The standard InChI is InChI=1S/C17H17NO3/c1-12-7-8-14(20-12)9-15-10-16(17(19)21-15)18-11-13-5-3-2-4-6-13/h2-9,16,18H,10-11H2,1H3/b15-9+/t16-/m0/s1. The van der Waals surface area contributed by atoms with Gasteiger partial charge in [-0.15, -0.1) is 0 Å². The van der Waals surface area contributed by atoms with Crippen molar-refractivity contribution in [1.29, 1.82) is 0 Å². The van der Waals surface area contributed by atoms with Gasteiger partial charge in [0.25, 0.3) is 0 Å². The minimum atomic E-state index is -0.299. The molecule has 2 heterocycles. The van der Waals surface area contributed by atoms with E-state index in [-0.39, 0.29) is 12.0 Å². The Kier molecular flexibility index (Phi) is 3.88. The van der Waals surface area contributed by atoms with Crippen LogP contribution >= 0.6 is 0 Å². The zero-order valence-electron chi connectivity index (χ0n) is 11.8. The molecule has 108 valence electrons. The maximum absolute atomic E-state index is 11.8. The third-order valence-electron chi connectivity index (χ3n) is 3.38. The Morgan fingerprint density at radius 3 is 2.76 bits per heavy atom. The molecular weight excluding hydrogens is 266 g/mol. The third kappa shape index (κ3) is 3.41. The topological polar surface area (TPSA) is 51.5 Å². The van der Waals surface area contributed by atoms with Crippen LogP contribution in [0, 0.1) is 6.92 Å². The molecule has 0 unspecified atom stereocenters. The average Bonchev–Trinajstić information content (AvgIpc) is 3.04. The van der Waals surface area contributed by atoms with Gasteiger partial charge in [0.05, 0.1) is 0 Å². The van der Waals surface area contributed by atoms with Crippen LogP contribution in [0.2, 0.25) is 0 Å². The Morgan fingerprint density at radius 2 is 2.05 bits per heavy atom. The van der Waals surface area contributed by atoms with Crippen molar-refractivity contribution >= 4 is 12.0 Å². The molecule has 1 aromatic carbocycles. The largest absolute Gasteiger partial charge is 0.462 e. The van der Waals surface area contributed by atoms with Gasteiger partial charge in [-0.25, -0.2) is 4.79 Å². The number of furan rings is 1. The lowest BCUT2D eigenvalue weighted by Crippen LogP contribution is -2.32. The highest BCUT2D eigenvalue weighted by Gasteiger charge is 2.30. The molecule has 3 rings (SSSR count). The Hall–Kier alpha value is -2.33. The zero-order valence-corrected chi connectivity index (χ0v) is 11.8. The van der Waals surface area contributed by atoms with Crippen molar-refractivity contribution in [3.63, 3.8) is 0 Å².